The summed E-state index contributed by atoms with van der Waals surface area (Å²) >= 11 is 0. The van der Waals surface area contributed by atoms with Gasteiger partial charge in [-0.05, 0) is 68.1 Å². The molecule has 1 fully saturated rings. The summed E-state index contributed by atoms with van der Waals surface area (Å²) in [5.41, 5.74) is 2.55. The van der Waals surface area contributed by atoms with Crippen LogP contribution in [0.2, 0.25) is 0 Å². The van der Waals surface area contributed by atoms with E-state index in [-0.39, 0.29) is 11.9 Å². The molecule has 142 valence electrons. The molecule has 5 nitrogen and oxygen atoms in total. The molecule has 3 rings (SSSR count). The van der Waals surface area contributed by atoms with E-state index in [0.29, 0.717) is 23.7 Å². The van der Waals surface area contributed by atoms with Gasteiger partial charge in [-0.25, -0.2) is 4.79 Å². The minimum Gasteiger partial charge on any atom is -0.465 e. The molecule has 0 spiro atoms. The third kappa shape index (κ3) is 5.66. The summed E-state index contributed by atoms with van der Waals surface area (Å²) in [5, 5.41) is 2.89. The van der Waals surface area contributed by atoms with E-state index in [4.69, 9.17) is 0 Å². The normalized spacial score (nSPS) is 15.3. The van der Waals surface area contributed by atoms with Crippen LogP contribution in [0.5, 0.6) is 0 Å². The third-order valence-corrected chi connectivity index (χ3v) is 5.03. The van der Waals surface area contributed by atoms with Crippen LogP contribution in [-0.4, -0.2) is 43.5 Å². The second-order valence-electron chi connectivity index (χ2n) is 7.03. The highest BCUT2D eigenvalue weighted by atomic mass is 16.5. The summed E-state index contributed by atoms with van der Waals surface area (Å²) in [7, 11) is 1.35. The number of amides is 1. The van der Waals surface area contributed by atoms with Crippen molar-refractivity contribution in [3.8, 4) is 0 Å². The maximum atomic E-state index is 12.3. The van der Waals surface area contributed by atoms with Gasteiger partial charge in [0.2, 0.25) is 5.91 Å². The molecule has 2 aromatic carbocycles. The molecular formula is C22H26N2O3. The monoisotopic (exact) mass is 366 g/mol. The van der Waals surface area contributed by atoms with Crippen LogP contribution in [0.25, 0.3) is 0 Å². The Balaban J connectivity index is 1.42. The Morgan fingerprint density at radius 2 is 1.70 bits per heavy atom. The molecule has 1 aliphatic rings. The molecule has 2 aromatic rings. The van der Waals surface area contributed by atoms with Crippen LogP contribution in [0.15, 0.2) is 54.6 Å². The molecule has 0 atom stereocenters. The fourth-order valence-corrected chi connectivity index (χ4v) is 3.51. The fraction of sp³-hybridized carbons (Fsp3) is 0.364. The number of hydrogen-bond donors (Lipinski definition) is 1. The van der Waals surface area contributed by atoms with Crippen molar-refractivity contribution >= 4 is 17.6 Å². The van der Waals surface area contributed by atoms with Gasteiger partial charge in [-0.1, -0.05) is 30.3 Å². The number of esters is 1. The number of benzene rings is 2. The molecule has 0 bridgehead atoms. The predicted molar refractivity (Wildman–Crippen MR) is 106 cm³/mol. The Labute approximate surface area is 160 Å². The second-order valence-corrected chi connectivity index (χ2v) is 7.03. The van der Waals surface area contributed by atoms with Crippen LogP contribution in [0, 0.1) is 5.92 Å². The van der Waals surface area contributed by atoms with E-state index in [1.165, 1.54) is 12.7 Å². The number of methoxy groups -OCH3 is 1. The van der Waals surface area contributed by atoms with Crippen LogP contribution >= 0.6 is 0 Å². The van der Waals surface area contributed by atoms with Crippen molar-refractivity contribution in [1.29, 1.82) is 0 Å². The van der Waals surface area contributed by atoms with Crippen molar-refractivity contribution in [2.24, 2.45) is 5.92 Å². The Morgan fingerprint density at radius 1 is 1.04 bits per heavy atom. The van der Waals surface area contributed by atoms with Crippen molar-refractivity contribution in [2.75, 3.05) is 32.1 Å². The van der Waals surface area contributed by atoms with E-state index in [9.17, 15) is 9.59 Å². The molecule has 27 heavy (non-hydrogen) atoms. The molecule has 0 unspecified atom stereocenters. The van der Waals surface area contributed by atoms with Gasteiger partial charge < -0.3 is 10.1 Å². The van der Waals surface area contributed by atoms with Crippen molar-refractivity contribution in [2.45, 2.75) is 19.3 Å². The van der Waals surface area contributed by atoms with Gasteiger partial charge in [0.1, 0.15) is 0 Å². The molecule has 0 saturated carbocycles. The number of nitrogens with zero attached hydrogens (tertiary/aromatic N) is 1. The Bertz CT molecular complexity index is 751. The number of carbonyl (C=O) groups excluding carboxylic acids is 2. The van der Waals surface area contributed by atoms with Crippen LogP contribution in [0.4, 0.5) is 5.69 Å². The number of anilines is 1. The second kappa shape index (κ2) is 9.33. The standard InChI is InChI=1S/C22H26N2O3/c1-27-22(26)19-7-9-20(10-8-19)23-21(25)16-24-13-11-18(12-14-24)15-17-5-3-2-4-6-17/h2-10,18H,11-16H2,1H3,(H,23,25). The first kappa shape index (κ1) is 19.1. The van der Waals surface area contributed by atoms with Gasteiger partial charge in [-0.15, -0.1) is 0 Å². The number of carbonyl (C=O) groups is 2. The quantitative estimate of drug-likeness (QED) is 0.797. The summed E-state index contributed by atoms with van der Waals surface area (Å²) in [4.78, 5) is 25.9. The highest BCUT2D eigenvalue weighted by molar-refractivity contribution is 5.93. The predicted octanol–water partition coefficient (Wildman–Crippen LogP) is 3.37. The van der Waals surface area contributed by atoms with Crippen molar-refractivity contribution in [1.82, 2.24) is 4.90 Å². The Morgan fingerprint density at radius 3 is 2.33 bits per heavy atom. The van der Waals surface area contributed by atoms with E-state index >= 15 is 0 Å². The molecule has 1 N–H and O–H groups in total. The Kier molecular flexibility index (Phi) is 6.60. The van der Waals surface area contributed by atoms with E-state index in [2.05, 4.69) is 39.2 Å². The van der Waals surface area contributed by atoms with Crippen LogP contribution in [-0.2, 0) is 16.0 Å². The lowest BCUT2D eigenvalue weighted by atomic mass is 9.90. The smallest absolute Gasteiger partial charge is 0.337 e. The minimum atomic E-state index is -0.383. The first-order chi connectivity index (χ1) is 13.1. The van der Waals surface area contributed by atoms with Gasteiger partial charge in [0.05, 0.1) is 19.2 Å². The highest BCUT2D eigenvalue weighted by Gasteiger charge is 2.21. The highest BCUT2D eigenvalue weighted by Crippen LogP contribution is 2.21. The average molecular weight is 366 g/mol. The topological polar surface area (TPSA) is 58.6 Å². The molecule has 0 aliphatic carbocycles. The summed E-state index contributed by atoms with van der Waals surface area (Å²) in [6, 6.07) is 17.3. The van der Waals surface area contributed by atoms with Gasteiger partial charge in [0.25, 0.3) is 0 Å². The molecular weight excluding hydrogens is 340 g/mol. The van der Waals surface area contributed by atoms with Crippen molar-refractivity contribution in [3.63, 3.8) is 0 Å². The zero-order chi connectivity index (χ0) is 19.1. The van der Waals surface area contributed by atoms with E-state index < -0.39 is 0 Å². The van der Waals surface area contributed by atoms with Crippen LogP contribution < -0.4 is 5.32 Å². The first-order valence-corrected chi connectivity index (χ1v) is 9.38. The number of nitrogens with one attached hydrogen (secondary N) is 1. The van der Waals surface area contributed by atoms with Gasteiger partial charge in [-0.3, -0.25) is 9.69 Å². The molecule has 0 aromatic heterocycles. The summed E-state index contributed by atoms with van der Waals surface area (Å²) < 4.78 is 4.67. The lowest BCUT2D eigenvalue weighted by Gasteiger charge is -2.31. The number of piperidine rings is 1. The zero-order valence-corrected chi connectivity index (χ0v) is 15.7. The van der Waals surface area contributed by atoms with Crippen molar-refractivity contribution in [3.05, 3.63) is 65.7 Å². The molecule has 1 amide bonds. The van der Waals surface area contributed by atoms with E-state index in [0.717, 1.165) is 32.4 Å². The van der Waals surface area contributed by atoms with Gasteiger partial charge in [0, 0.05) is 5.69 Å². The van der Waals surface area contributed by atoms with Gasteiger partial charge >= 0.3 is 5.97 Å². The van der Waals surface area contributed by atoms with Gasteiger partial charge in [-0.2, -0.15) is 0 Å². The molecule has 0 radical (unpaired) electrons. The average Bonchev–Trinajstić information content (AvgIpc) is 2.70. The summed E-state index contributed by atoms with van der Waals surface area (Å²) in [6.45, 7) is 2.30. The molecule has 1 saturated heterocycles. The zero-order valence-electron chi connectivity index (χ0n) is 15.7. The van der Waals surface area contributed by atoms with E-state index in [1.807, 2.05) is 6.07 Å². The van der Waals surface area contributed by atoms with Crippen molar-refractivity contribution < 1.29 is 14.3 Å². The third-order valence-electron chi connectivity index (χ3n) is 5.03. The van der Waals surface area contributed by atoms with Crippen LogP contribution in [0.3, 0.4) is 0 Å². The maximum Gasteiger partial charge on any atom is 0.337 e. The summed E-state index contributed by atoms with van der Waals surface area (Å²) in [5.74, 6) is 0.283. The molecule has 1 aliphatic heterocycles. The molecule has 1 heterocycles. The number of likely N-dealkylation sites (tertiary alicyclic amines) is 1. The number of ether oxygens (including phenoxy) is 1. The largest absolute Gasteiger partial charge is 0.465 e. The number of rotatable bonds is 6. The van der Waals surface area contributed by atoms with E-state index in [1.54, 1.807) is 24.3 Å². The molecule has 5 heteroatoms. The SMILES string of the molecule is COC(=O)c1ccc(NC(=O)CN2CCC(Cc3ccccc3)CC2)cc1. The van der Waals surface area contributed by atoms with Gasteiger partial charge in [0.15, 0.2) is 0 Å². The minimum absolute atomic E-state index is 0.0256. The summed E-state index contributed by atoms with van der Waals surface area (Å²) in [6.07, 6.45) is 3.36. The Hall–Kier alpha value is -2.66. The van der Waals surface area contributed by atoms with Crippen LogP contribution in [0.1, 0.15) is 28.8 Å². The number of hydrogen-bond acceptors (Lipinski definition) is 4. The lowest BCUT2D eigenvalue weighted by Crippen LogP contribution is -2.39. The first-order valence-electron chi connectivity index (χ1n) is 9.38. The fourth-order valence-electron chi connectivity index (χ4n) is 3.51. The maximum absolute atomic E-state index is 12.3. The lowest BCUT2D eigenvalue weighted by molar-refractivity contribution is -0.117.